The van der Waals surface area contributed by atoms with Crippen molar-refractivity contribution in [3.05, 3.63) is 16.0 Å². The summed E-state index contributed by atoms with van der Waals surface area (Å²) in [6.45, 7) is 0. The van der Waals surface area contributed by atoms with Crippen LogP contribution in [0.3, 0.4) is 0 Å². The molecule has 2 N–H and O–H groups in total. The van der Waals surface area contributed by atoms with E-state index in [1.165, 1.54) is 18.5 Å². The van der Waals surface area contributed by atoms with Gasteiger partial charge in [0.1, 0.15) is 0 Å². The van der Waals surface area contributed by atoms with Crippen molar-refractivity contribution in [3.8, 4) is 10.7 Å². The average molecular weight is 224 g/mol. The molecule has 0 amide bonds. The number of nitrogens with one attached hydrogen (secondary N) is 2. The van der Waals surface area contributed by atoms with Crippen LogP contribution in [-0.2, 0) is 0 Å². The minimum absolute atomic E-state index is 0.496. The third kappa shape index (κ3) is 1.31. The lowest BCUT2D eigenvalue weighted by molar-refractivity contribution is 1.04. The van der Waals surface area contributed by atoms with E-state index < -0.39 is 0 Å². The minimum Gasteiger partial charge on any atom is -0.281 e. The molecule has 72 valence electrons. The highest BCUT2D eigenvalue weighted by atomic mass is 32.1. The monoisotopic (exact) mass is 224 g/mol. The quantitative estimate of drug-likeness (QED) is 0.770. The highest BCUT2D eigenvalue weighted by molar-refractivity contribution is 7.71. The predicted molar refractivity (Wildman–Crippen MR) is 56.9 cm³/mol. The summed E-state index contributed by atoms with van der Waals surface area (Å²) in [6.07, 6.45) is 2.50. The van der Waals surface area contributed by atoms with Crippen LogP contribution in [-0.4, -0.2) is 20.2 Å². The minimum atomic E-state index is 0.496. The molecule has 2 aromatic heterocycles. The van der Waals surface area contributed by atoms with Crippen LogP contribution in [0.1, 0.15) is 24.5 Å². The molecule has 2 aromatic rings. The van der Waals surface area contributed by atoms with Gasteiger partial charge >= 0.3 is 0 Å². The first-order valence-electron chi connectivity index (χ1n) is 4.43. The molecule has 0 saturated heterocycles. The largest absolute Gasteiger partial charge is 0.281 e. The predicted octanol–water partition coefficient (Wildman–Crippen LogP) is 2.47. The molecule has 0 aliphatic heterocycles. The van der Waals surface area contributed by atoms with Gasteiger partial charge in [-0.25, -0.2) is 4.98 Å². The molecule has 2 heterocycles. The van der Waals surface area contributed by atoms with Gasteiger partial charge in [-0.2, -0.15) is 4.98 Å². The molecule has 6 heteroatoms. The van der Waals surface area contributed by atoms with Crippen LogP contribution in [0.5, 0.6) is 0 Å². The van der Waals surface area contributed by atoms with E-state index in [0.717, 1.165) is 10.7 Å². The maximum Gasteiger partial charge on any atom is 0.213 e. The molecule has 1 aliphatic rings. The molecule has 3 rings (SSSR count). The Kier molecular flexibility index (Phi) is 1.78. The summed E-state index contributed by atoms with van der Waals surface area (Å²) in [4.78, 5) is 9.70. The van der Waals surface area contributed by atoms with Gasteiger partial charge in [0.15, 0.2) is 5.82 Å². The zero-order chi connectivity index (χ0) is 9.54. The van der Waals surface area contributed by atoms with E-state index in [9.17, 15) is 0 Å². The summed E-state index contributed by atoms with van der Waals surface area (Å²) >= 11 is 6.53. The number of hydrogen-bond donors (Lipinski definition) is 2. The van der Waals surface area contributed by atoms with Gasteiger partial charge in [0.25, 0.3) is 0 Å². The molecule has 0 bridgehead atoms. The highest BCUT2D eigenvalue weighted by Crippen LogP contribution is 2.44. The summed E-state index contributed by atoms with van der Waals surface area (Å²) in [7, 11) is 0. The van der Waals surface area contributed by atoms with E-state index in [1.807, 2.05) is 5.51 Å². The highest BCUT2D eigenvalue weighted by Gasteiger charge is 2.29. The van der Waals surface area contributed by atoms with Gasteiger partial charge in [0, 0.05) is 5.92 Å². The van der Waals surface area contributed by atoms with Crippen molar-refractivity contribution in [1.29, 1.82) is 0 Å². The van der Waals surface area contributed by atoms with Gasteiger partial charge < -0.3 is 0 Å². The third-order valence-electron chi connectivity index (χ3n) is 2.28. The van der Waals surface area contributed by atoms with Crippen molar-refractivity contribution in [1.82, 2.24) is 20.2 Å². The van der Waals surface area contributed by atoms with E-state index in [-0.39, 0.29) is 0 Å². The fourth-order valence-corrected chi connectivity index (χ4v) is 2.42. The molecule has 0 atom stereocenters. The van der Waals surface area contributed by atoms with Crippen LogP contribution in [0, 0.1) is 4.77 Å². The Morgan fingerprint density at radius 3 is 2.93 bits per heavy atom. The molecule has 0 unspecified atom stereocenters. The van der Waals surface area contributed by atoms with Gasteiger partial charge in [-0.15, -0.1) is 11.3 Å². The number of hydrogen-bond acceptors (Lipinski definition) is 4. The molecule has 0 radical (unpaired) electrons. The lowest BCUT2D eigenvalue weighted by Gasteiger charge is -1.94. The maximum atomic E-state index is 4.92. The Labute approximate surface area is 89.4 Å². The second-order valence-electron chi connectivity index (χ2n) is 3.36. The molecule has 1 fully saturated rings. The second-order valence-corrected chi connectivity index (χ2v) is 4.60. The van der Waals surface area contributed by atoms with Crippen molar-refractivity contribution < 1.29 is 0 Å². The number of H-pyrrole nitrogens is 2. The Balaban J connectivity index is 2.10. The van der Waals surface area contributed by atoms with E-state index in [2.05, 4.69) is 20.2 Å². The molecule has 0 spiro atoms. The molecule has 14 heavy (non-hydrogen) atoms. The Hall–Kier alpha value is -1.01. The first kappa shape index (κ1) is 8.31. The van der Waals surface area contributed by atoms with Gasteiger partial charge in [-0.3, -0.25) is 10.2 Å². The zero-order valence-electron chi connectivity index (χ0n) is 7.28. The SMILES string of the molecule is S=c1nc(-c2scnc2C2CC2)[nH][nH]1. The second kappa shape index (κ2) is 2.99. The molecule has 4 nitrogen and oxygen atoms in total. The van der Waals surface area contributed by atoms with Crippen LogP contribution >= 0.6 is 23.6 Å². The molecule has 0 aromatic carbocycles. The van der Waals surface area contributed by atoms with E-state index >= 15 is 0 Å². The van der Waals surface area contributed by atoms with E-state index in [4.69, 9.17) is 12.2 Å². The normalized spacial score (nSPS) is 16.0. The summed E-state index contributed by atoms with van der Waals surface area (Å²) in [5.41, 5.74) is 3.04. The average Bonchev–Trinajstić information content (AvgIpc) is 2.75. The van der Waals surface area contributed by atoms with Gasteiger partial charge in [0.2, 0.25) is 4.77 Å². The van der Waals surface area contributed by atoms with Crippen molar-refractivity contribution in [3.63, 3.8) is 0 Å². The van der Waals surface area contributed by atoms with Gasteiger partial charge in [-0.05, 0) is 25.1 Å². The van der Waals surface area contributed by atoms with Gasteiger partial charge in [-0.1, -0.05) is 0 Å². The fourth-order valence-electron chi connectivity index (χ4n) is 1.46. The molecular weight excluding hydrogens is 216 g/mol. The number of nitrogens with zero attached hydrogens (tertiary/aromatic N) is 2. The van der Waals surface area contributed by atoms with Crippen LogP contribution in [0.2, 0.25) is 0 Å². The van der Waals surface area contributed by atoms with Crippen LogP contribution in [0.15, 0.2) is 5.51 Å². The summed E-state index contributed by atoms with van der Waals surface area (Å²) in [6, 6.07) is 0. The van der Waals surface area contributed by atoms with Crippen molar-refractivity contribution in [2.45, 2.75) is 18.8 Å². The molecular formula is C8H8N4S2. The first-order valence-corrected chi connectivity index (χ1v) is 5.72. The summed E-state index contributed by atoms with van der Waals surface area (Å²) in [5, 5.41) is 5.76. The smallest absolute Gasteiger partial charge is 0.213 e. The standard InChI is InChI=1S/C8H8N4S2/c13-8-10-7(11-12-8)6-5(4-1-2-4)9-3-14-6/h3-4H,1-2H2,(H2,10,11,12,13). The van der Waals surface area contributed by atoms with Crippen LogP contribution in [0.4, 0.5) is 0 Å². The zero-order valence-corrected chi connectivity index (χ0v) is 8.91. The fraction of sp³-hybridized carbons (Fsp3) is 0.375. The van der Waals surface area contributed by atoms with Crippen molar-refractivity contribution in [2.24, 2.45) is 0 Å². The topological polar surface area (TPSA) is 57.4 Å². The lowest BCUT2D eigenvalue weighted by Crippen LogP contribution is -1.85. The third-order valence-corrected chi connectivity index (χ3v) is 3.32. The number of rotatable bonds is 2. The number of aromatic nitrogens is 4. The van der Waals surface area contributed by atoms with Crippen molar-refractivity contribution >= 4 is 23.6 Å². The van der Waals surface area contributed by atoms with Gasteiger partial charge in [0.05, 0.1) is 16.1 Å². The Bertz CT molecular complexity index is 505. The van der Waals surface area contributed by atoms with E-state index in [1.54, 1.807) is 11.3 Å². The number of thiazole rings is 1. The Morgan fingerprint density at radius 2 is 2.29 bits per heavy atom. The summed E-state index contributed by atoms with van der Waals surface area (Å²) < 4.78 is 0.496. The molecule has 1 aliphatic carbocycles. The summed E-state index contributed by atoms with van der Waals surface area (Å²) in [5.74, 6) is 1.47. The van der Waals surface area contributed by atoms with Crippen LogP contribution in [0.25, 0.3) is 10.7 Å². The Morgan fingerprint density at radius 1 is 1.43 bits per heavy atom. The van der Waals surface area contributed by atoms with Crippen molar-refractivity contribution in [2.75, 3.05) is 0 Å². The maximum absolute atomic E-state index is 4.92. The molecule has 1 saturated carbocycles. The van der Waals surface area contributed by atoms with E-state index in [0.29, 0.717) is 10.7 Å². The first-order chi connectivity index (χ1) is 6.84. The van der Waals surface area contributed by atoms with Crippen LogP contribution < -0.4 is 0 Å². The number of aromatic amines is 2. The lowest BCUT2D eigenvalue weighted by atomic mass is 10.2.